The van der Waals surface area contributed by atoms with Crippen LogP contribution in [0, 0.1) is 5.82 Å². The molecule has 25 heavy (non-hydrogen) atoms. The van der Waals surface area contributed by atoms with Crippen molar-refractivity contribution in [1.82, 2.24) is 10.6 Å². The molecule has 1 aromatic rings. The average molecular weight is 352 g/mol. The number of carbonyl (C=O) groups excluding carboxylic acids is 3. The number of carboxylic acids is 1. The van der Waals surface area contributed by atoms with E-state index in [0.717, 1.165) is 0 Å². The molecule has 0 unspecified atom stereocenters. The number of aliphatic carboxylic acids is 1. The first kappa shape index (κ1) is 20.3. The summed E-state index contributed by atoms with van der Waals surface area (Å²) >= 11 is 0. The van der Waals surface area contributed by atoms with Crippen molar-refractivity contribution < 1.29 is 28.7 Å². The highest BCUT2D eigenvalue weighted by molar-refractivity contribution is 5.90. The molecule has 1 rings (SSSR count). The van der Waals surface area contributed by atoms with Gasteiger partial charge in [-0.25, -0.2) is 9.18 Å². The molecule has 0 spiro atoms. The van der Waals surface area contributed by atoms with E-state index in [1.807, 2.05) is 0 Å². The molecule has 0 heterocycles. The standard InChI is InChI=1S/C17H21FN2O5/c1-10(21)6-7-14(17(24)25)20-16(23)15(19-11(2)22)9-12-4-3-5-13(18)8-12/h3-5,8,14-15H,6-7,9H2,1-2H3,(H,19,22)(H,20,23)(H,24,25)/t14-,15+/m0/s1. The summed E-state index contributed by atoms with van der Waals surface area (Å²) in [5, 5.41) is 13.9. The van der Waals surface area contributed by atoms with Gasteiger partial charge in [0, 0.05) is 19.8 Å². The van der Waals surface area contributed by atoms with Crippen molar-refractivity contribution in [2.24, 2.45) is 0 Å². The molecule has 0 saturated heterocycles. The van der Waals surface area contributed by atoms with E-state index in [1.54, 1.807) is 6.07 Å². The molecule has 0 fully saturated rings. The first-order valence-corrected chi connectivity index (χ1v) is 7.73. The zero-order chi connectivity index (χ0) is 19.0. The highest BCUT2D eigenvalue weighted by atomic mass is 19.1. The summed E-state index contributed by atoms with van der Waals surface area (Å²) in [7, 11) is 0. The molecule has 7 nitrogen and oxygen atoms in total. The molecule has 2 amide bonds. The summed E-state index contributed by atoms with van der Waals surface area (Å²) in [6.45, 7) is 2.54. The smallest absolute Gasteiger partial charge is 0.326 e. The van der Waals surface area contributed by atoms with Gasteiger partial charge in [0.25, 0.3) is 0 Å². The predicted molar refractivity (Wildman–Crippen MR) is 87.2 cm³/mol. The Morgan fingerprint density at radius 3 is 2.32 bits per heavy atom. The van der Waals surface area contributed by atoms with E-state index in [2.05, 4.69) is 10.6 Å². The number of benzene rings is 1. The second kappa shape index (κ2) is 9.51. The van der Waals surface area contributed by atoms with Gasteiger partial charge < -0.3 is 20.5 Å². The Morgan fingerprint density at radius 1 is 1.12 bits per heavy atom. The van der Waals surface area contributed by atoms with E-state index < -0.39 is 35.7 Å². The Morgan fingerprint density at radius 2 is 1.80 bits per heavy atom. The van der Waals surface area contributed by atoms with Crippen molar-refractivity contribution in [2.45, 2.75) is 45.2 Å². The molecule has 0 bridgehead atoms. The maximum atomic E-state index is 13.3. The Hall–Kier alpha value is -2.77. The molecule has 2 atom stereocenters. The van der Waals surface area contributed by atoms with Crippen LogP contribution in [0.2, 0.25) is 0 Å². The van der Waals surface area contributed by atoms with Crippen LogP contribution in [-0.2, 0) is 25.6 Å². The fourth-order valence-corrected chi connectivity index (χ4v) is 2.23. The van der Waals surface area contributed by atoms with Gasteiger partial charge in [-0.1, -0.05) is 12.1 Å². The van der Waals surface area contributed by atoms with Crippen LogP contribution < -0.4 is 10.6 Å². The number of carboxylic acid groups (broad SMARTS) is 1. The van der Waals surface area contributed by atoms with E-state index in [0.29, 0.717) is 5.56 Å². The monoisotopic (exact) mass is 352 g/mol. The van der Waals surface area contributed by atoms with Gasteiger partial charge >= 0.3 is 5.97 Å². The molecule has 0 saturated carbocycles. The molecular weight excluding hydrogens is 331 g/mol. The normalized spacial score (nSPS) is 12.8. The fraction of sp³-hybridized carbons (Fsp3) is 0.412. The molecule has 0 aliphatic carbocycles. The zero-order valence-corrected chi connectivity index (χ0v) is 14.0. The van der Waals surface area contributed by atoms with Crippen LogP contribution in [0.4, 0.5) is 4.39 Å². The SMILES string of the molecule is CC(=O)CC[C@H](NC(=O)[C@@H](Cc1cccc(F)c1)NC(C)=O)C(=O)O. The van der Waals surface area contributed by atoms with E-state index in [9.17, 15) is 23.6 Å². The third-order valence-electron chi connectivity index (χ3n) is 3.42. The zero-order valence-electron chi connectivity index (χ0n) is 14.0. The molecule has 0 aromatic heterocycles. The molecule has 0 radical (unpaired) electrons. The maximum absolute atomic E-state index is 13.3. The third-order valence-corrected chi connectivity index (χ3v) is 3.42. The molecule has 8 heteroatoms. The highest BCUT2D eigenvalue weighted by Gasteiger charge is 2.26. The lowest BCUT2D eigenvalue weighted by Gasteiger charge is -2.21. The minimum Gasteiger partial charge on any atom is -0.480 e. The Bertz CT molecular complexity index is 662. The first-order chi connectivity index (χ1) is 11.7. The molecule has 136 valence electrons. The van der Waals surface area contributed by atoms with Crippen molar-refractivity contribution in [3.05, 3.63) is 35.6 Å². The highest BCUT2D eigenvalue weighted by Crippen LogP contribution is 2.08. The summed E-state index contributed by atoms with van der Waals surface area (Å²) in [5.74, 6) is -3.15. The van der Waals surface area contributed by atoms with Gasteiger partial charge in [0.2, 0.25) is 11.8 Å². The molecule has 0 aliphatic heterocycles. The largest absolute Gasteiger partial charge is 0.480 e. The summed E-state index contributed by atoms with van der Waals surface area (Å²) < 4.78 is 13.3. The van der Waals surface area contributed by atoms with Crippen LogP contribution >= 0.6 is 0 Å². The van der Waals surface area contributed by atoms with Gasteiger partial charge in [0.1, 0.15) is 23.7 Å². The number of Topliss-reactive ketones (excluding diaryl/α,β-unsaturated/α-hetero) is 1. The summed E-state index contributed by atoms with van der Waals surface area (Å²) in [4.78, 5) is 45.9. The predicted octanol–water partition coefficient (Wildman–Crippen LogP) is 0.811. The quantitative estimate of drug-likeness (QED) is 0.609. The van der Waals surface area contributed by atoms with Gasteiger partial charge in [0.15, 0.2) is 0 Å². The third kappa shape index (κ3) is 7.56. The number of rotatable bonds is 9. The van der Waals surface area contributed by atoms with Gasteiger partial charge in [-0.2, -0.15) is 0 Å². The molecule has 1 aromatic carbocycles. The van der Waals surface area contributed by atoms with Gasteiger partial charge in [-0.05, 0) is 31.0 Å². The lowest BCUT2D eigenvalue weighted by atomic mass is 10.0. The number of nitrogens with one attached hydrogen (secondary N) is 2. The fourth-order valence-electron chi connectivity index (χ4n) is 2.23. The number of carbonyl (C=O) groups is 4. The van der Waals surface area contributed by atoms with Crippen LogP contribution in [0.1, 0.15) is 32.3 Å². The topological polar surface area (TPSA) is 113 Å². The maximum Gasteiger partial charge on any atom is 0.326 e. The Kier molecular flexibility index (Phi) is 7.71. The minimum absolute atomic E-state index is 0.00220. The van der Waals surface area contributed by atoms with Crippen molar-refractivity contribution in [3.8, 4) is 0 Å². The summed E-state index contributed by atoms with van der Waals surface area (Å²) in [5.41, 5.74) is 0.476. The molecular formula is C17H21FN2O5. The van der Waals surface area contributed by atoms with Crippen LogP contribution in [0.15, 0.2) is 24.3 Å². The van der Waals surface area contributed by atoms with Crippen molar-refractivity contribution in [1.29, 1.82) is 0 Å². The average Bonchev–Trinajstić information content (AvgIpc) is 2.49. The Balaban J connectivity index is 2.85. The van der Waals surface area contributed by atoms with Gasteiger partial charge in [-0.15, -0.1) is 0 Å². The molecule has 0 aliphatic rings. The van der Waals surface area contributed by atoms with Crippen molar-refractivity contribution >= 4 is 23.6 Å². The summed E-state index contributed by atoms with van der Waals surface area (Å²) in [6, 6.07) is 3.24. The van der Waals surface area contributed by atoms with Crippen LogP contribution in [-0.4, -0.2) is 40.8 Å². The van der Waals surface area contributed by atoms with Crippen molar-refractivity contribution in [3.63, 3.8) is 0 Å². The van der Waals surface area contributed by atoms with E-state index in [-0.39, 0.29) is 25.0 Å². The Labute approximate surface area is 144 Å². The van der Waals surface area contributed by atoms with Gasteiger partial charge in [-0.3, -0.25) is 9.59 Å². The lowest BCUT2D eigenvalue weighted by Crippen LogP contribution is -2.52. The van der Waals surface area contributed by atoms with Crippen LogP contribution in [0.25, 0.3) is 0 Å². The first-order valence-electron chi connectivity index (χ1n) is 7.73. The number of amides is 2. The van der Waals surface area contributed by atoms with E-state index >= 15 is 0 Å². The number of hydrogen-bond acceptors (Lipinski definition) is 4. The van der Waals surface area contributed by atoms with Crippen LogP contribution in [0.3, 0.4) is 0 Å². The number of halogens is 1. The minimum atomic E-state index is -1.28. The van der Waals surface area contributed by atoms with E-state index in [1.165, 1.54) is 32.0 Å². The number of hydrogen-bond donors (Lipinski definition) is 3. The second-order valence-electron chi connectivity index (χ2n) is 5.73. The van der Waals surface area contributed by atoms with Crippen molar-refractivity contribution in [2.75, 3.05) is 0 Å². The van der Waals surface area contributed by atoms with E-state index in [4.69, 9.17) is 5.11 Å². The summed E-state index contributed by atoms with van der Waals surface area (Å²) in [6.07, 6.45) is -0.0443. The second-order valence-corrected chi connectivity index (χ2v) is 5.73. The lowest BCUT2D eigenvalue weighted by molar-refractivity contribution is -0.142. The van der Waals surface area contributed by atoms with Crippen LogP contribution in [0.5, 0.6) is 0 Å². The molecule has 3 N–H and O–H groups in total. The number of ketones is 1. The van der Waals surface area contributed by atoms with Gasteiger partial charge in [0.05, 0.1) is 0 Å².